The van der Waals surface area contributed by atoms with E-state index >= 15 is 0 Å². The van der Waals surface area contributed by atoms with Crippen molar-refractivity contribution in [2.75, 3.05) is 0 Å². The molecule has 0 aliphatic heterocycles. The third-order valence-electron chi connectivity index (χ3n) is 2.49. The second-order valence-electron chi connectivity index (χ2n) is 3.72. The number of nitrogens with two attached hydrogens (primary N) is 1. The summed E-state index contributed by atoms with van der Waals surface area (Å²) in [4.78, 5) is 27.5. The molecule has 2 aromatic rings. The monoisotopic (exact) mass is 307 g/mol. The number of aryl methyl sites for hydroxylation is 1. The summed E-state index contributed by atoms with van der Waals surface area (Å²) in [6.07, 6.45) is 3.16. The highest BCUT2D eigenvalue weighted by molar-refractivity contribution is 9.10. The van der Waals surface area contributed by atoms with E-state index in [9.17, 15) is 9.59 Å². The van der Waals surface area contributed by atoms with Crippen molar-refractivity contribution in [2.24, 2.45) is 5.73 Å². The zero-order valence-corrected chi connectivity index (χ0v) is 11.1. The SMILES string of the molecule is Cc1cc(Br)c(C(N)=O)c(=O)n1-c1cccnc1. The Morgan fingerprint density at radius 1 is 1.50 bits per heavy atom. The van der Waals surface area contributed by atoms with Gasteiger partial charge in [-0.05, 0) is 41.1 Å². The van der Waals surface area contributed by atoms with Gasteiger partial charge < -0.3 is 5.73 Å². The van der Waals surface area contributed by atoms with Crippen LogP contribution in [-0.2, 0) is 0 Å². The summed E-state index contributed by atoms with van der Waals surface area (Å²) in [5.74, 6) is -0.760. The Kier molecular flexibility index (Phi) is 3.29. The van der Waals surface area contributed by atoms with Gasteiger partial charge in [-0.15, -0.1) is 0 Å². The number of rotatable bonds is 2. The van der Waals surface area contributed by atoms with Gasteiger partial charge in [-0.1, -0.05) is 0 Å². The Labute approximate surface area is 111 Å². The zero-order valence-electron chi connectivity index (χ0n) is 9.55. The Hall–Kier alpha value is -1.95. The molecule has 2 N–H and O–H groups in total. The number of primary amides is 1. The maximum Gasteiger partial charge on any atom is 0.269 e. The number of halogens is 1. The van der Waals surface area contributed by atoms with E-state index in [4.69, 9.17) is 5.73 Å². The molecule has 2 heterocycles. The topological polar surface area (TPSA) is 78.0 Å². The lowest BCUT2D eigenvalue weighted by Gasteiger charge is -2.11. The first kappa shape index (κ1) is 12.5. The molecule has 6 heteroatoms. The number of hydrogen-bond donors (Lipinski definition) is 1. The standard InChI is InChI=1S/C12H10BrN3O2/c1-7-5-9(13)10(11(14)17)12(18)16(7)8-3-2-4-15-6-8/h2-6H,1H3,(H2,14,17). The molecule has 0 saturated carbocycles. The van der Waals surface area contributed by atoms with Crippen molar-refractivity contribution < 1.29 is 4.79 Å². The van der Waals surface area contributed by atoms with Crippen molar-refractivity contribution in [3.8, 4) is 5.69 Å². The number of hydrogen-bond acceptors (Lipinski definition) is 3. The van der Waals surface area contributed by atoms with Gasteiger partial charge in [-0.2, -0.15) is 0 Å². The van der Waals surface area contributed by atoms with Crippen LogP contribution in [0.2, 0.25) is 0 Å². The smallest absolute Gasteiger partial charge is 0.269 e. The first-order chi connectivity index (χ1) is 8.52. The van der Waals surface area contributed by atoms with Gasteiger partial charge in [0.15, 0.2) is 0 Å². The average Bonchev–Trinajstić information content (AvgIpc) is 2.28. The molecule has 0 fully saturated rings. The highest BCUT2D eigenvalue weighted by atomic mass is 79.9. The highest BCUT2D eigenvalue weighted by Crippen LogP contribution is 2.16. The third-order valence-corrected chi connectivity index (χ3v) is 3.12. The average molecular weight is 308 g/mol. The summed E-state index contributed by atoms with van der Waals surface area (Å²) < 4.78 is 1.80. The molecule has 2 rings (SSSR count). The summed E-state index contributed by atoms with van der Waals surface area (Å²) in [6, 6.07) is 5.13. The van der Waals surface area contributed by atoms with E-state index < -0.39 is 11.5 Å². The third kappa shape index (κ3) is 2.06. The molecular weight excluding hydrogens is 298 g/mol. The Bertz CT molecular complexity index is 665. The molecule has 0 aliphatic carbocycles. The number of aromatic nitrogens is 2. The molecule has 0 bridgehead atoms. The largest absolute Gasteiger partial charge is 0.365 e. The Balaban J connectivity index is 2.81. The van der Waals surface area contributed by atoms with E-state index in [-0.39, 0.29) is 5.56 Å². The lowest BCUT2D eigenvalue weighted by Crippen LogP contribution is -2.30. The van der Waals surface area contributed by atoms with E-state index in [0.717, 1.165) is 0 Å². The minimum Gasteiger partial charge on any atom is -0.365 e. The number of carbonyl (C=O) groups is 1. The second-order valence-corrected chi connectivity index (χ2v) is 4.58. The van der Waals surface area contributed by atoms with Crippen molar-refractivity contribution in [1.82, 2.24) is 9.55 Å². The maximum absolute atomic E-state index is 12.3. The van der Waals surface area contributed by atoms with Crippen LogP contribution in [0.25, 0.3) is 5.69 Å². The van der Waals surface area contributed by atoms with Gasteiger partial charge in [-0.25, -0.2) is 0 Å². The number of amides is 1. The summed E-state index contributed by atoms with van der Waals surface area (Å²) >= 11 is 3.18. The molecule has 2 aromatic heterocycles. The van der Waals surface area contributed by atoms with E-state index in [1.165, 1.54) is 4.57 Å². The fourth-order valence-corrected chi connectivity index (χ4v) is 2.42. The van der Waals surface area contributed by atoms with Gasteiger partial charge in [0, 0.05) is 16.4 Å². The van der Waals surface area contributed by atoms with Gasteiger partial charge in [0.05, 0.1) is 11.9 Å². The van der Waals surface area contributed by atoms with E-state index in [2.05, 4.69) is 20.9 Å². The molecule has 0 saturated heterocycles. The second kappa shape index (κ2) is 4.73. The summed E-state index contributed by atoms with van der Waals surface area (Å²) in [6.45, 7) is 1.77. The van der Waals surface area contributed by atoms with E-state index in [1.54, 1.807) is 37.5 Å². The van der Waals surface area contributed by atoms with Crippen LogP contribution >= 0.6 is 15.9 Å². The normalized spacial score (nSPS) is 10.3. The van der Waals surface area contributed by atoms with Gasteiger partial charge in [0.1, 0.15) is 5.56 Å². The molecule has 0 spiro atoms. The van der Waals surface area contributed by atoms with Crippen LogP contribution in [0.15, 0.2) is 39.9 Å². The molecule has 5 nitrogen and oxygen atoms in total. The van der Waals surface area contributed by atoms with Crippen LogP contribution in [0, 0.1) is 6.92 Å². The molecule has 0 aliphatic rings. The fraction of sp³-hybridized carbons (Fsp3) is 0.0833. The van der Waals surface area contributed by atoms with Crippen LogP contribution in [0.1, 0.15) is 16.1 Å². The van der Waals surface area contributed by atoms with Crippen LogP contribution in [-0.4, -0.2) is 15.5 Å². The van der Waals surface area contributed by atoms with Gasteiger partial charge in [-0.3, -0.25) is 19.1 Å². The summed E-state index contributed by atoms with van der Waals surface area (Å²) in [5, 5.41) is 0. The Morgan fingerprint density at radius 3 is 2.78 bits per heavy atom. The lowest BCUT2D eigenvalue weighted by atomic mass is 10.2. The van der Waals surface area contributed by atoms with Crippen molar-refractivity contribution in [3.05, 3.63) is 56.7 Å². The number of pyridine rings is 2. The molecule has 0 unspecified atom stereocenters. The summed E-state index contributed by atoms with van der Waals surface area (Å²) in [5.41, 5.74) is 5.97. The van der Waals surface area contributed by atoms with Crippen LogP contribution in [0.3, 0.4) is 0 Å². The van der Waals surface area contributed by atoms with Crippen molar-refractivity contribution in [1.29, 1.82) is 0 Å². The van der Waals surface area contributed by atoms with Crippen LogP contribution < -0.4 is 11.3 Å². The van der Waals surface area contributed by atoms with Gasteiger partial charge in [0.2, 0.25) is 0 Å². The minimum absolute atomic E-state index is 0.0653. The first-order valence-corrected chi connectivity index (χ1v) is 5.94. The van der Waals surface area contributed by atoms with Crippen molar-refractivity contribution in [3.63, 3.8) is 0 Å². The molecule has 0 aromatic carbocycles. The first-order valence-electron chi connectivity index (χ1n) is 5.14. The molecular formula is C12H10BrN3O2. The molecule has 92 valence electrons. The minimum atomic E-state index is -0.760. The number of carbonyl (C=O) groups excluding carboxylic acids is 1. The van der Waals surface area contributed by atoms with Crippen molar-refractivity contribution in [2.45, 2.75) is 6.92 Å². The fourth-order valence-electron chi connectivity index (χ4n) is 1.72. The van der Waals surface area contributed by atoms with Crippen molar-refractivity contribution >= 4 is 21.8 Å². The van der Waals surface area contributed by atoms with E-state index in [0.29, 0.717) is 15.9 Å². The van der Waals surface area contributed by atoms with Crippen LogP contribution in [0.5, 0.6) is 0 Å². The quantitative estimate of drug-likeness (QED) is 0.911. The Morgan fingerprint density at radius 2 is 2.22 bits per heavy atom. The molecule has 18 heavy (non-hydrogen) atoms. The maximum atomic E-state index is 12.3. The van der Waals surface area contributed by atoms with Gasteiger partial charge >= 0.3 is 0 Å². The number of nitrogens with zero attached hydrogens (tertiary/aromatic N) is 2. The van der Waals surface area contributed by atoms with Crippen LogP contribution in [0.4, 0.5) is 0 Å². The lowest BCUT2D eigenvalue weighted by molar-refractivity contribution is 0.0998. The van der Waals surface area contributed by atoms with Gasteiger partial charge in [0.25, 0.3) is 11.5 Å². The predicted octanol–water partition coefficient (Wildman–Crippen LogP) is 1.40. The molecule has 0 radical (unpaired) electrons. The predicted molar refractivity (Wildman–Crippen MR) is 70.8 cm³/mol. The molecule has 0 atom stereocenters. The zero-order chi connectivity index (χ0) is 13.3. The highest BCUT2D eigenvalue weighted by Gasteiger charge is 2.16. The van der Waals surface area contributed by atoms with E-state index in [1.807, 2.05) is 0 Å². The summed E-state index contributed by atoms with van der Waals surface area (Å²) in [7, 11) is 0. The molecule has 1 amide bonds.